The molecule has 190 valence electrons. The van der Waals surface area contributed by atoms with Crippen LogP contribution in [0.2, 0.25) is 0 Å². The molecule has 0 saturated heterocycles. The van der Waals surface area contributed by atoms with E-state index in [1.807, 2.05) is 13.0 Å². The number of esters is 1. The summed E-state index contributed by atoms with van der Waals surface area (Å²) in [6.07, 6.45) is 15.0. The number of fused-ring (bicyclic) bond motifs is 5. The Kier molecular flexibility index (Phi) is 7.59. The van der Waals surface area contributed by atoms with E-state index in [9.17, 15) is 14.4 Å². The van der Waals surface area contributed by atoms with Crippen molar-refractivity contribution in [2.75, 3.05) is 0 Å². The van der Waals surface area contributed by atoms with Crippen molar-refractivity contribution in [2.24, 2.45) is 34.5 Å². The maximum absolute atomic E-state index is 12.9. The number of aliphatic carboxylic acids is 1. The number of carbonyl (C=O) groups is 3. The third-order valence-corrected chi connectivity index (χ3v) is 10.3. The van der Waals surface area contributed by atoms with Crippen LogP contribution in [-0.4, -0.2) is 28.9 Å². The normalized spacial score (nSPS) is 37.7. The SMILES string of the molecule is CC(CCCCCCC(=O)O)C(=O)O[C@H]1CC[C@H]2[C@@H]3CCC4=CC(=O)CC[C@]4(C)[C@H]3CC[C@]12C. The van der Waals surface area contributed by atoms with Gasteiger partial charge in [0.15, 0.2) is 5.78 Å². The van der Waals surface area contributed by atoms with E-state index in [2.05, 4.69) is 13.8 Å². The number of allylic oxidation sites excluding steroid dienone is 1. The van der Waals surface area contributed by atoms with Gasteiger partial charge in [-0.05, 0) is 87.0 Å². The molecular weight excluding hydrogens is 428 g/mol. The van der Waals surface area contributed by atoms with Crippen molar-refractivity contribution in [3.8, 4) is 0 Å². The summed E-state index contributed by atoms with van der Waals surface area (Å²) in [6, 6.07) is 0. The number of hydrogen-bond donors (Lipinski definition) is 1. The fourth-order valence-corrected chi connectivity index (χ4v) is 8.16. The fourth-order valence-electron chi connectivity index (χ4n) is 8.16. The predicted molar refractivity (Wildman–Crippen MR) is 131 cm³/mol. The molecule has 34 heavy (non-hydrogen) atoms. The van der Waals surface area contributed by atoms with E-state index in [1.54, 1.807) is 0 Å². The van der Waals surface area contributed by atoms with E-state index in [-0.39, 0.29) is 35.2 Å². The number of carboxylic acid groups (broad SMARTS) is 1. The number of ether oxygens (including phenoxy) is 1. The molecule has 0 bridgehead atoms. The Morgan fingerprint density at radius 1 is 1.03 bits per heavy atom. The van der Waals surface area contributed by atoms with Crippen LogP contribution >= 0.6 is 0 Å². The zero-order valence-corrected chi connectivity index (χ0v) is 21.4. The standard InChI is InChI=1S/C29H44O5/c1-19(8-6-4-5-7-9-26(31)32)27(33)34-25-13-12-23-22-11-10-20-18-21(30)14-16-28(20,2)24(22)15-17-29(23,25)3/h18-19,22-25H,4-17H2,1-3H3,(H,31,32)/t19?,22-,23-,24-,25-,28-,29-/m0/s1. The van der Waals surface area contributed by atoms with Crippen LogP contribution in [0.15, 0.2) is 11.6 Å². The molecule has 0 radical (unpaired) electrons. The van der Waals surface area contributed by atoms with Crippen molar-refractivity contribution in [3.63, 3.8) is 0 Å². The highest BCUT2D eigenvalue weighted by molar-refractivity contribution is 5.91. The second-order valence-corrected chi connectivity index (χ2v) is 12.3. The van der Waals surface area contributed by atoms with Crippen molar-refractivity contribution in [2.45, 2.75) is 117 Å². The van der Waals surface area contributed by atoms with Gasteiger partial charge in [0.2, 0.25) is 0 Å². The number of hydrogen-bond acceptors (Lipinski definition) is 4. The van der Waals surface area contributed by atoms with Crippen molar-refractivity contribution in [3.05, 3.63) is 11.6 Å². The van der Waals surface area contributed by atoms with Gasteiger partial charge in [-0.25, -0.2) is 0 Å². The Bertz CT molecular complexity index is 830. The Hall–Kier alpha value is -1.65. The molecule has 0 amide bonds. The summed E-state index contributed by atoms with van der Waals surface area (Å²) in [7, 11) is 0. The van der Waals surface area contributed by atoms with Crippen LogP contribution < -0.4 is 0 Å². The first kappa shape index (κ1) is 25.4. The van der Waals surface area contributed by atoms with Crippen LogP contribution in [0.25, 0.3) is 0 Å². The van der Waals surface area contributed by atoms with Gasteiger partial charge in [-0.3, -0.25) is 14.4 Å². The minimum atomic E-state index is -0.734. The van der Waals surface area contributed by atoms with Gasteiger partial charge >= 0.3 is 11.9 Å². The molecule has 3 fully saturated rings. The molecule has 0 aromatic rings. The molecule has 0 aromatic heterocycles. The van der Waals surface area contributed by atoms with E-state index in [4.69, 9.17) is 9.84 Å². The first-order valence-electron chi connectivity index (χ1n) is 13.8. The first-order chi connectivity index (χ1) is 16.1. The summed E-state index contributed by atoms with van der Waals surface area (Å²) in [6.45, 7) is 6.77. The molecule has 5 heteroatoms. The monoisotopic (exact) mass is 472 g/mol. The van der Waals surface area contributed by atoms with E-state index in [0.717, 1.165) is 57.8 Å². The fraction of sp³-hybridized carbons (Fsp3) is 0.828. The van der Waals surface area contributed by atoms with Crippen molar-refractivity contribution >= 4 is 17.7 Å². The summed E-state index contributed by atoms with van der Waals surface area (Å²) < 4.78 is 6.21. The molecule has 3 saturated carbocycles. The van der Waals surface area contributed by atoms with Crippen LogP contribution in [0.5, 0.6) is 0 Å². The minimum Gasteiger partial charge on any atom is -0.481 e. The smallest absolute Gasteiger partial charge is 0.308 e. The zero-order valence-electron chi connectivity index (χ0n) is 21.4. The second kappa shape index (κ2) is 10.1. The lowest BCUT2D eigenvalue weighted by Crippen LogP contribution is -2.51. The molecule has 0 aliphatic heterocycles. The molecule has 4 rings (SSSR count). The summed E-state index contributed by atoms with van der Waals surface area (Å²) in [5, 5.41) is 8.73. The molecule has 0 heterocycles. The van der Waals surface area contributed by atoms with E-state index in [0.29, 0.717) is 36.4 Å². The van der Waals surface area contributed by atoms with Gasteiger partial charge in [0.05, 0.1) is 5.92 Å². The lowest BCUT2D eigenvalue weighted by Gasteiger charge is -2.57. The molecule has 0 spiro atoms. The average molecular weight is 473 g/mol. The summed E-state index contributed by atoms with van der Waals surface area (Å²) in [5.41, 5.74) is 1.67. The van der Waals surface area contributed by atoms with Crippen molar-refractivity contribution in [1.29, 1.82) is 0 Å². The maximum atomic E-state index is 12.9. The maximum Gasteiger partial charge on any atom is 0.308 e. The molecule has 4 aliphatic carbocycles. The molecule has 7 atom stereocenters. The van der Waals surface area contributed by atoms with Gasteiger partial charge in [0.1, 0.15) is 6.10 Å². The molecular formula is C29H44O5. The van der Waals surface area contributed by atoms with Gasteiger partial charge in [-0.15, -0.1) is 0 Å². The van der Waals surface area contributed by atoms with Crippen LogP contribution in [0, 0.1) is 34.5 Å². The van der Waals surface area contributed by atoms with Crippen LogP contribution in [-0.2, 0) is 19.1 Å². The third kappa shape index (κ3) is 4.86. The highest BCUT2D eigenvalue weighted by Gasteiger charge is 2.60. The lowest BCUT2D eigenvalue weighted by atomic mass is 9.47. The molecule has 4 aliphatic rings. The van der Waals surface area contributed by atoms with Gasteiger partial charge in [-0.1, -0.05) is 45.6 Å². The quantitative estimate of drug-likeness (QED) is 0.306. The number of unbranched alkanes of at least 4 members (excludes halogenated alkanes) is 3. The molecule has 5 nitrogen and oxygen atoms in total. The summed E-state index contributed by atoms with van der Waals surface area (Å²) in [5.74, 6) is 1.39. The van der Waals surface area contributed by atoms with E-state index in [1.165, 1.54) is 18.4 Å². The summed E-state index contributed by atoms with van der Waals surface area (Å²) in [4.78, 5) is 35.6. The Morgan fingerprint density at radius 3 is 2.56 bits per heavy atom. The number of rotatable bonds is 9. The van der Waals surface area contributed by atoms with Crippen LogP contribution in [0.1, 0.15) is 111 Å². The van der Waals surface area contributed by atoms with E-state index >= 15 is 0 Å². The van der Waals surface area contributed by atoms with Crippen molar-refractivity contribution < 1.29 is 24.2 Å². The van der Waals surface area contributed by atoms with Gasteiger partial charge in [0, 0.05) is 18.3 Å². The van der Waals surface area contributed by atoms with Crippen LogP contribution in [0.3, 0.4) is 0 Å². The topological polar surface area (TPSA) is 80.7 Å². The predicted octanol–water partition coefficient (Wildman–Crippen LogP) is 6.49. The van der Waals surface area contributed by atoms with Gasteiger partial charge in [0.25, 0.3) is 0 Å². The van der Waals surface area contributed by atoms with E-state index < -0.39 is 5.97 Å². The highest BCUT2D eigenvalue weighted by Crippen LogP contribution is 2.65. The molecule has 1 N–H and O–H groups in total. The van der Waals surface area contributed by atoms with Crippen LogP contribution in [0.4, 0.5) is 0 Å². The Labute approximate surface area is 205 Å². The largest absolute Gasteiger partial charge is 0.481 e. The van der Waals surface area contributed by atoms with Gasteiger partial charge in [-0.2, -0.15) is 0 Å². The number of carbonyl (C=O) groups excluding carboxylic acids is 2. The number of carboxylic acids is 1. The van der Waals surface area contributed by atoms with Gasteiger partial charge < -0.3 is 9.84 Å². The highest BCUT2D eigenvalue weighted by atomic mass is 16.5. The first-order valence-corrected chi connectivity index (χ1v) is 13.8. The Morgan fingerprint density at radius 2 is 1.79 bits per heavy atom. The third-order valence-electron chi connectivity index (χ3n) is 10.3. The second-order valence-electron chi connectivity index (χ2n) is 12.3. The molecule has 1 unspecified atom stereocenters. The van der Waals surface area contributed by atoms with Crippen molar-refractivity contribution in [1.82, 2.24) is 0 Å². The summed E-state index contributed by atoms with van der Waals surface area (Å²) >= 11 is 0. The zero-order chi connectivity index (χ0) is 24.5. The molecule has 0 aromatic carbocycles. The minimum absolute atomic E-state index is 0.0293. The number of ketones is 1. The average Bonchev–Trinajstić information content (AvgIpc) is 3.12. The Balaban J connectivity index is 1.31. The lowest BCUT2D eigenvalue weighted by molar-refractivity contribution is -0.164.